The molecular formula is C9H7N3O. The SMILES string of the molecule is O=Cc1nccn1-c1cccnc1. The number of imidazole rings is 1. The maximum atomic E-state index is 10.6. The Morgan fingerprint density at radius 3 is 3.00 bits per heavy atom. The Morgan fingerprint density at radius 1 is 1.38 bits per heavy atom. The predicted octanol–water partition coefficient (Wildman–Crippen LogP) is 1.08. The highest BCUT2D eigenvalue weighted by atomic mass is 16.1. The molecule has 0 aliphatic carbocycles. The zero-order valence-corrected chi connectivity index (χ0v) is 6.79. The second-order valence-corrected chi connectivity index (χ2v) is 2.48. The van der Waals surface area contributed by atoms with Crippen LogP contribution in [-0.2, 0) is 0 Å². The summed E-state index contributed by atoms with van der Waals surface area (Å²) < 4.78 is 1.68. The van der Waals surface area contributed by atoms with Crippen LogP contribution in [0, 0.1) is 0 Å². The number of hydrogen-bond donors (Lipinski definition) is 0. The molecule has 13 heavy (non-hydrogen) atoms. The zero-order chi connectivity index (χ0) is 9.10. The van der Waals surface area contributed by atoms with Crippen LogP contribution in [-0.4, -0.2) is 20.8 Å². The fourth-order valence-electron chi connectivity index (χ4n) is 1.12. The van der Waals surface area contributed by atoms with Crippen LogP contribution < -0.4 is 0 Å². The van der Waals surface area contributed by atoms with Gasteiger partial charge in [-0.05, 0) is 12.1 Å². The van der Waals surface area contributed by atoms with Crippen molar-refractivity contribution in [2.75, 3.05) is 0 Å². The van der Waals surface area contributed by atoms with Gasteiger partial charge >= 0.3 is 0 Å². The van der Waals surface area contributed by atoms with Gasteiger partial charge in [-0.1, -0.05) is 0 Å². The minimum absolute atomic E-state index is 0.382. The molecule has 0 aliphatic rings. The molecule has 2 rings (SSSR count). The van der Waals surface area contributed by atoms with E-state index < -0.39 is 0 Å². The van der Waals surface area contributed by atoms with E-state index in [0.29, 0.717) is 12.1 Å². The first-order valence-corrected chi connectivity index (χ1v) is 3.81. The van der Waals surface area contributed by atoms with Crippen molar-refractivity contribution in [3.05, 3.63) is 42.7 Å². The van der Waals surface area contributed by atoms with Crippen molar-refractivity contribution >= 4 is 6.29 Å². The van der Waals surface area contributed by atoms with Crippen molar-refractivity contribution in [1.29, 1.82) is 0 Å². The third kappa shape index (κ3) is 1.33. The maximum absolute atomic E-state index is 10.6. The lowest BCUT2D eigenvalue weighted by Gasteiger charge is -2.01. The Kier molecular flexibility index (Phi) is 1.88. The highest BCUT2D eigenvalue weighted by molar-refractivity contribution is 5.70. The van der Waals surface area contributed by atoms with Gasteiger partial charge in [0.2, 0.25) is 0 Å². The van der Waals surface area contributed by atoms with Gasteiger partial charge in [0.05, 0.1) is 11.9 Å². The Bertz CT molecular complexity index is 408. The highest BCUT2D eigenvalue weighted by Gasteiger charge is 2.01. The lowest BCUT2D eigenvalue weighted by Crippen LogP contribution is -1.98. The highest BCUT2D eigenvalue weighted by Crippen LogP contribution is 2.06. The van der Waals surface area contributed by atoms with Crippen LogP contribution in [0.3, 0.4) is 0 Å². The molecule has 64 valence electrons. The van der Waals surface area contributed by atoms with E-state index in [1.54, 1.807) is 29.4 Å². The first-order valence-electron chi connectivity index (χ1n) is 3.81. The van der Waals surface area contributed by atoms with Crippen LogP contribution in [0.15, 0.2) is 36.9 Å². The summed E-state index contributed by atoms with van der Waals surface area (Å²) in [7, 11) is 0. The smallest absolute Gasteiger partial charge is 0.185 e. The number of rotatable bonds is 2. The fraction of sp³-hybridized carbons (Fsp3) is 0. The minimum atomic E-state index is 0.382. The van der Waals surface area contributed by atoms with E-state index in [9.17, 15) is 4.79 Å². The van der Waals surface area contributed by atoms with Gasteiger partial charge in [-0.2, -0.15) is 0 Å². The molecule has 2 aromatic heterocycles. The number of hydrogen-bond acceptors (Lipinski definition) is 3. The van der Waals surface area contributed by atoms with Crippen LogP contribution in [0.2, 0.25) is 0 Å². The summed E-state index contributed by atoms with van der Waals surface area (Å²) in [6.45, 7) is 0. The standard InChI is InChI=1S/C9H7N3O/c13-7-9-11-4-5-12(9)8-2-1-3-10-6-8/h1-7H. The Balaban J connectivity index is 2.52. The second-order valence-electron chi connectivity index (χ2n) is 2.48. The maximum Gasteiger partial charge on any atom is 0.185 e. The Morgan fingerprint density at radius 2 is 2.31 bits per heavy atom. The van der Waals surface area contributed by atoms with E-state index in [1.165, 1.54) is 0 Å². The molecule has 0 atom stereocenters. The van der Waals surface area contributed by atoms with Gasteiger partial charge in [-0.3, -0.25) is 14.3 Å². The lowest BCUT2D eigenvalue weighted by atomic mass is 10.4. The Labute approximate surface area is 74.9 Å². The van der Waals surface area contributed by atoms with Crippen LogP contribution >= 0.6 is 0 Å². The zero-order valence-electron chi connectivity index (χ0n) is 6.79. The number of aromatic nitrogens is 3. The topological polar surface area (TPSA) is 47.8 Å². The number of carbonyl (C=O) groups excluding carboxylic acids is 1. The molecule has 0 aliphatic heterocycles. The van der Waals surface area contributed by atoms with Crippen LogP contribution in [0.4, 0.5) is 0 Å². The number of carbonyl (C=O) groups is 1. The van der Waals surface area contributed by atoms with Crippen LogP contribution in [0.25, 0.3) is 5.69 Å². The van der Waals surface area contributed by atoms with Gasteiger partial charge in [0, 0.05) is 18.6 Å². The average Bonchev–Trinajstić information content (AvgIpc) is 2.67. The predicted molar refractivity (Wildman–Crippen MR) is 46.7 cm³/mol. The van der Waals surface area contributed by atoms with Gasteiger partial charge in [0.15, 0.2) is 12.1 Å². The normalized spacial score (nSPS) is 9.85. The van der Waals surface area contributed by atoms with Gasteiger partial charge in [-0.25, -0.2) is 4.98 Å². The molecule has 0 radical (unpaired) electrons. The molecule has 0 spiro atoms. The van der Waals surface area contributed by atoms with E-state index >= 15 is 0 Å². The summed E-state index contributed by atoms with van der Waals surface area (Å²) in [6.07, 6.45) is 7.38. The third-order valence-electron chi connectivity index (χ3n) is 1.70. The molecule has 0 amide bonds. The van der Waals surface area contributed by atoms with Gasteiger partial charge < -0.3 is 0 Å². The van der Waals surface area contributed by atoms with Crippen molar-refractivity contribution in [1.82, 2.24) is 14.5 Å². The molecular weight excluding hydrogens is 166 g/mol. The molecule has 2 heterocycles. The number of aldehydes is 1. The van der Waals surface area contributed by atoms with Crippen molar-refractivity contribution in [3.63, 3.8) is 0 Å². The van der Waals surface area contributed by atoms with E-state index in [4.69, 9.17) is 0 Å². The molecule has 4 nitrogen and oxygen atoms in total. The molecule has 4 heteroatoms. The third-order valence-corrected chi connectivity index (χ3v) is 1.70. The molecule has 2 aromatic rings. The summed E-state index contributed by atoms with van der Waals surface area (Å²) in [6, 6.07) is 3.67. The summed E-state index contributed by atoms with van der Waals surface area (Å²) >= 11 is 0. The van der Waals surface area contributed by atoms with Crippen molar-refractivity contribution < 1.29 is 4.79 Å². The Hall–Kier alpha value is -1.97. The first-order chi connectivity index (χ1) is 6.42. The van der Waals surface area contributed by atoms with E-state index in [1.807, 2.05) is 12.1 Å². The van der Waals surface area contributed by atoms with Crippen molar-refractivity contribution in [2.24, 2.45) is 0 Å². The second kappa shape index (κ2) is 3.18. The first kappa shape index (κ1) is 7.67. The monoisotopic (exact) mass is 173 g/mol. The van der Waals surface area contributed by atoms with Crippen LogP contribution in [0.1, 0.15) is 10.6 Å². The molecule has 0 saturated carbocycles. The molecule has 0 aromatic carbocycles. The van der Waals surface area contributed by atoms with Crippen molar-refractivity contribution in [3.8, 4) is 5.69 Å². The van der Waals surface area contributed by atoms with E-state index in [0.717, 1.165) is 5.69 Å². The average molecular weight is 173 g/mol. The van der Waals surface area contributed by atoms with E-state index in [-0.39, 0.29) is 0 Å². The summed E-state index contributed by atoms with van der Waals surface area (Å²) in [5, 5.41) is 0. The number of nitrogens with zero attached hydrogens (tertiary/aromatic N) is 3. The summed E-state index contributed by atoms with van der Waals surface area (Å²) in [4.78, 5) is 18.4. The number of pyridine rings is 1. The van der Waals surface area contributed by atoms with Crippen molar-refractivity contribution in [2.45, 2.75) is 0 Å². The summed E-state index contributed by atoms with van der Waals surface area (Å²) in [5.41, 5.74) is 0.835. The van der Waals surface area contributed by atoms with Crippen LogP contribution in [0.5, 0.6) is 0 Å². The van der Waals surface area contributed by atoms with Gasteiger partial charge in [0.1, 0.15) is 0 Å². The van der Waals surface area contributed by atoms with Gasteiger partial charge in [0.25, 0.3) is 0 Å². The largest absolute Gasteiger partial charge is 0.296 e. The quantitative estimate of drug-likeness (QED) is 0.638. The summed E-state index contributed by atoms with van der Waals surface area (Å²) in [5.74, 6) is 0.382. The molecule has 0 fully saturated rings. The lowest BCUT2D eigenvalue weighted by molar-refractivity contribution is 0.111. The molecule has 0 saturated heterocycles. The molecule has 0 N–H and O–H groups in total. The molecule has 0 unspecified atom stereocenters. The fourth-order valence-corrected chi connectivity index (χ4v) is 1.12. The molecule has 0 bridgehead atoms. The minimum Gasteiger partial charge on any atom is -0.296 e. The van der Waals surface area contributed by atoms with E-state index in [2.05, 4.69) is 9.97 Å². The van der Waals surface area contributed by atoms with Gasteiger partial charge in [-0.15, -0.1) is 0 Å².